The van der Waals surface area contributed by atoms with E-state index in [4.69, 9.17) is 12.3 Å². The lowest BCUT2D eigenvalue weighted by molar-refractivity contribution is 0.497. The molecule has 1 rings (SSSR count). The molecule has 0 amide bonds. The van der Waals surface area contributed by atoms with E-state index in [0.717, 1.165) is 18.4 Å². The van der Waals surface area contributed by atoms with Gasteiger partial charge in [-0.2, -0.15) is 0 Å². The third-order valence-electron chi connectivity index (χ3n) is 2.27. The van der Waals surface area contributed by atoms with Gasteiger partial charge in [0.15, 0.2) is 0 Å². The smallest absolute Gasteiger partial charge is 0.123 e. The van der Waals surface area contributed by atoms with Crippen LogP contribution < -0.4 is 11.3 Å². The van der Waals surface area contributed by atoms with Gasteiger partial charge in [-0.25, -0.2) is 4.39 Å². The molecule has 0 aliphatic carbocycles. The molecular formula is C12H15FN2. The highest BCUT2D eigenvalue weighted by molar-refractivity contribution is 5.17. The Bertz CT molecular complexity index is 326. The Labute approximate surface area is 89.6 Å². The number of halogens is 1. The maximum atomic E-state index is 12.6. The van der Waals surface area contributed by atoms with Gasteiger partial charge in [0.05, 0.1) is 0 Å². The second-order valence-electron chi connectivity index (χ2n) is 3.44. The number of hydrazine groups is 1. The maximum absolute atomic E-state index is 12.6. The van der Waals surface area contributed by atoms with Crippen LogP contribution in [0.25, 0.3) is 0 Å². The Balaban J connectivity index is 2.51. The molecule has 0 aliphatic rings. The van der Waals surface area contributed by atoms with Crippen molar-refractivity contribution in [3.05, 3.63) is 35.6 Å². The number of hydrogen-bond donors (Lipinski definition) is 2. The molecule has 0 saturated heterocycles. The number of hydrogen-bond acceptors (Lipinski definition) is 2. The van der Waals surface area contributed by atoms with E-state index in [1.165, 1.54) is 12.1 Å². The lowest BCUT2D eigenvalue weighted by atomic mass is 10.0. The van der Waals surface area contributed by atoms with Crippen molar-refractivity contribution in [3.8, 4) is 12.3 Å². The first-order valence-corrected chi connectivity index (χ1v) is 4.90. The normalized spacial score (nSPS) is 12.1. The largest absolute Gasteiger partial charge is 0.271 e. The lowest BCUT2D eigenvalue weighted by Crippen LogP contribution is -2.36. The first-order chi connectivity index (χ1) is 7.26. The highest BCUT2D eigenvalue weighted by atomic mass is 19.1. The van der Waals surface area contributed by atoms with Crippen LogP contribution in [0.15, 0.2) is 24.3 Å². The average molecular weight is 206 g/mol. The molecule has 0 spiro atoms. The van der Waals surface area contributed by atoms with Gasteiger partial charge in [-0.3, -0.25) is 11.3 Å². The number of terminal acetylenes is 1. The van der Waals surface area contributed by atoms with Crippen molar-refractivity contribution in [2.45, 2.75) is 25.3 Å². The van der Waals surface area contributed by atoms with E-state index in [-0.39, 0.29) is 11.9 Å². The van der Waals surface area contributed by atoms with Crippen LogP contribution in [0, 0.1) is 18.2 Å². The Morgan fingerprint density at radius 1 is 1.40 bits per heavy atom. The highest BCUT2D eigenvalue weighted by Crippen LogP contribution is 2.08. The highest BCUT2D eigenvalue weighted by Gasteiger charge is 2.06. The van der Waals surface area contributed by atoms with Crippen LogP contribution in [-0.4, -0.2) is 6.04 Å². The van der Waals surface area contributed by atoms with Crippen molar-refractivity contribution in [2.75, 3.05) is 0 Å². The van der Waals surface area contributed by atoms with Crippen LogP contribution >= 0.6 is 0 Å². The molecule has 1 aromatic rings. The fourth-order valence-electron chi connectivity index (χ4n) is 1.41. The average Bonchev–Trinajstić information content (AvgIpc) is 2.27. The van der Waals surface area contributed by atoms with Crippen molar-refractivity contribution in [2.24, 2.45) is 5.84 Å². The first-order valence-electron chi connectivity index (χ1n) is 4.90. The molecule has 0 aromatic heterocycles. The zero-order valence-electron chi connectivity index (χ0n) is 8.54. The summed E-state index contributed by atoms with van der Waals surface area (Å²) in [6.07, 6.45) is 7.45. The number of rotatable bonds is 5. The molecule has 0 saturated carbocycles. The number of benzene rings is 1. The fraction of sp³-hybridized carbons (Fsp3) is 0.333. The van der Waals surface area contributed by atoms with Crippen LogP contribution in [0.2, 0.25) is 0 Å². The molecule has 80 valence electrons. The van der Waals surface area contributed by atoms with Gasteiger partial charge in [0.25, 0.3) is 0 Å². The summed E-state index contributed by atoms with van der Waals surface area (Å²) in [4.78, 5) is 0. The molecule has 0 aliphatic heterocycles. The van der Waals surface area contributed by atoms with Gasteiger partial charge in [0.1, 0.15) is 5.82 Å². The standard InChI is InChI=1S/C12H15FN2/c1-2-3-4-12(15-14)9-10-5-7-11(13)8-6-10/h1,5-8,12,15H,3-4,9,14H2. The van der Waals surface area contributed by atoms with Crippen molar-refractivity contribution < 1.29 is 4.39 Å². The Kier molecular flexibility index (Phi) is 4.82. The summed E-state index contributed by atoms with van der Waals surface area (Å²) >= 11 is 0. The second-order valence-corrected chi connectivity index (χ2v) is 3.44. The number of nitrogens with one attached hydrogen (secondary N) is 1. The van der Waals surface area contributed by atoms with Gasteiger partial charge in [0, 0.05) is 12.5 Å². The summed E-state index contributed by atoms with van der Waals surface area (Å²) in [6.45, 7) is 0. The topological polar surface area (TPSA) is 38.0 Å². The molecule has 2 nitrogen and oxygen atoms in total. The zero-order valence-corrected chi connectivity index (χ0v) is 8.54. The van der Waals surface area contributed by atoms with Gasteiger partial charge in [-0.15, -0.1) is 12.3 Å². The third-order valence-corrected chi connectivity index (χ3v) is 2.27. The second kappa shape index (κ2) is 6.18. The minimum absolute atomic E-state index is 0.145. The molecule has 0 fully saturated rings. The van der Waals surface area contributed by atoms with Crippen molar-refractivity contribution in [1.82, 2.24) is 5.43 Å². The van der Waals surface area contributed by atoms with Crippen molar-refractivity contribution in [3.63, 3.8) is 0 Å². The van der Waals surface area contributed by atoms with E-state index in [0.29, 0.717) is 6.42 Å². The van der Waals surface area contributed by atoms with Crippen LogP contribution in [0.3, 0.4) is 0 Å². The van der Waals surface area contributed by atoms with Crippen molar-refractivity contribution >= 4 is 0 Å². The van der Waals surface area contributed by atoms with Crippen LogP contribution in [0.1, 0.15) is 18.4 Å². The third kappa shape index (κ3) is 4.11. The summed E-state index contributed by atoms with van der Waals surface area (Å²) in [7, 11) is 0. The molecule has 0 radical (unpaired) electrons. The van der Waals surface area contributed by atoms with E-state index >= 15 is 0 Å². The first kappa shape index (κ1) is 11.7. The van der Waals surface area contributed by atoms with Gasteiger partial charge >= 0.3 is 0 Å². The van der Waals surface area contributed by atoms with Crippen LogP contribution in [0.5, 0.6) is 0 Å². The van der Waals surface area contributed by atoms with E-state index in [1.54, 1.807) is 12.1 Å². The predicted molar refractivity (Wildman–Crippen MR) is 59.3 cm³/mol. The molecular weight excluding hydrogens is 191 g/mol. The summed E-state index contributed by atoms with van der Waals surface area (Å²) in [5, 5.41) is 0. The monoisotopic (exact) mass is 206 g/mol. The fourth-order valence-corrected chi connectivity index (χ4v) is 1.41. The minimum atomic E-state index is -0.223. The summed E-state index contributed by atoms with van der Waals surface area (Å²) < 4.78 is 12.6. The summed E-state index contributed by atoms with van der Waals surface area (Å²) in [5.41, 5.74) is 3.76. The molecule has 0 heterocycles. The predicted octanol–water partition coefficient (Wildman–Crippen LogP) is 1.61. The molecule has 0 bridgehead atoms. The van der Waals surface area contributed by atoms with Gasteiger partial charge in [-0.05, 0) is 30.5 Å². The Hall–Kier alpha value is -1.37. The molecule has 3 N–H and O–H groups in total. The minimum Gasteiger partial charge on any atom is -0.271 e. The molecule has 1 unspecified atom stereocenters. The van der Waals surface area contributed by atoms with Gasteiger partial charge in [-0.1, -0.05) is 12.1 Å². The molecule has 1 aromatic carbocycles. The number of nitrogens with two attached hydrogens (primary N) is 1. The molecule has 3 heteroatoms. The summed E-state index contributed by atoms with van der Waals surface area (Å²) in [6, 6.07) is 6.56. The zero-order chi connectivity index (χ0) is 11.1. The van der Waals surface area contributed by atoms with Gasteiger partial charge < -0.3 is 0 Å². The van der Waals surface area contributed by atoms with E-state index in [1.807, 2.05) is 0 Å². The molecule has 15 heavy (non-hydrogen) atoms. The van der Waals surface area contributed by atoms with Crippen LogP contribution in [-0.2, 0) is 6.42 Å². The SMILES string of the molecule is C#CCCC(Cc1ccc(F)cc1)NN. The summed E-state index contributed by atoms with van der Waals surface area (Å²) in [5.74, 6) is 7.75. The lowest BCUT2D eigenvalue weighted by Gasteiger charge is -2.14. The quantitative estimate of drug-likeness (QED) is 0.436. The molecule has 1 atom stereocenters. The van der Waals surface area contributed by atoms with Crippen LogP contribution in [0.4, 0.5) is 4.39 Å². The van der Waals surface area contributed by atoms with E-state index in [2.05, 4.69) is 11.3 Å². The maximum Gasteiger partial charge on any atom is 0.123 e. The Morgan fingerprint density at radius 2 is 2.07 bits per heavy atom. The van der Waals surface area contributed by atoms with E-state index in [9.17, 15) is 4.39 Å². The van der Waals surface area contributed by atoms with Gasteiger partial charge in [0.2, 0.25) is 0 Å². The Morgan fingerprint density at radius 3 is 2.60 bits per heavy atom. The van der Waals surface area contributed by atoms with Crippen molar-refractivity contribution in [1.29, 1.82) is 0 Å². The van der Waals surface area contributed by atoms with E-state index < -0.39 is 0 Å².